The van der Waals surface area contributed by atoms with Crippen LogP contribution in [0.5, 0.6) is 0 Å². The van der Waals surface area contributed by atoms with Gasteiger partial charge in [-0.05, 0) is 36.8 Å². The van der Waals surface area contributed by atoms with E-state index < -0.39 is 0 Å². The van der Waals surface area contributed by atoms with E-state index in [1.807, 2.05) is 0 Å². The van der Waals surface area contributed by atoms with E-state index >= 15 is 0 Å². The smallest absolute Gasteiger partial charge is 0.269 e. The number of halogens is 1. The minimum Gasteiger partial charge on any atom is -0.351 e. The van der Waals surface area contributed by atoms with Crippen molar-refractivity contribution in [3.63, 3.8) is 0 Å². The molecular weight excluding hydrogens is 245 g/mol. The zero-order chi connectivity index (χ0) is 13.7. The van der Waals surface area contributed by atoms with E-state index in [0.717, 1.165) is 18.4 Å². The lowest BCUT2D eigenvalue weighted by atomic mass is 10.1. The summed E-state index contributed by atoms with van der Waals surface area (Å²) in [6.07, 6.45) is 1.98. The number of carbonyl (C=O) groups excluding carboxylic acids is 1. The molecule has 2 rings (SSSR count). The zero-order valence-corrected chi connectivity index (χ0v) is 10.7. The highest BCUT2D eigenvalue weighted by Crippen LogP contribution is 2.17. The average Bonchev–Trinajstić information content (AvgIpc) is 2.89. The molecule has 0 saturated heterocycles. The minimum absolute atomic E-state index is 0.172. The fraction of sp³-hybridized carbons (Fsp3) is 0.286. The number of hydrogen-bond donors (Lipinski definition) is 2. The van der Waals surface area contributed by atoms with Crippen molar-refractivity contribution in [1.29, 1.82) is 0 Å². The van der Waals surface area contributed by atoms with Gasteiger partial charge in [0.1, 0.15) is 11.5 Å². The predicted octanol–water partition coefficient (Wildman–Crippen LogP) is 2.75. The molecule has 0 fully saturated rings. The van der Waals surface area contributed by atoms with Crippen molar-refractivity contribution in [1.82, 2.24) is 15.5 Å². The van der Waals surface area contributed by atoms with Gasteiger partial charge in [-0.3, -0.25) is 9.89 Å². The van der Waals surface area contributed by atoms with Crippen molar-refractivity contribution in [3.05, 3.63) is 41.8 Å². The van der Waals surface area contributed by atoms with Crippen LogP contribution in [0.4, 0.5) is 4.39 Å². The van der Waals surface area contributed by atoms with Crippen LogP contribution < -0.4 is 5.32 Å². The van der Waals surface area contributed by atoms with Gasteiger partial charge in [-0.25, -0.2) is 4.39 Å². The highest BCUT2D eigenvalue weighted by atomic mass is 19.1. The van der Waals surface area contributed by atoms with Crippen LogP contribution in [0.1, 0.15) is 30.3 Å². The van der Waals surface area contributed by atoms with Crippen LogP contribution in [-0.2, 0) is 0 Å². The van der Waals surface area contributed by atoms with E-state index in [-0.39, 0.29) is 11.7 Å². The van der Waals surface area contributed by atoms with Gasteiger partial charge in [0.2, 0.25) is 0 Å². The van der Waals surface area contributed by atoms with Crippen LogP contribution >= 0.6 is 0 Å². The summed E-state index contributed by atoms with van der Waals surface area (Å²) in [4.78, 5) is 11.8. The van der Waals surface area contributed by atoms with Crippen LogP contribution in [0.3, 0.4) is 0 Å². The highest BCUT2D eigenvalue weighted by Gasteiger charge is 2.10. The van der Waals surface area contributed by atoms with E-state index in [2.05, 4.69) is 22.4 Å². The summed E-state index contributed by atoms with van der Waals surface area (Å²) in [5.41, 5.74) is 1.81. The Labute approximate surface area is 111 Å². The second kappa shape index (κ2) is 6.13. The summed E-state index contributed by atoms with van der Waals surface area (Å²) in [6, 6.07) is 7.65. The molecule has 0 saturated carbocycles. The summed E-state index contributed by atoms with van der Waals surface area (Å²) in [5.74, 6) is -0.467. The third-order valence-electron chi connectivity index (χ3n) is 2.78. The maximum Gasteiger partial charge on any atom is 0.269 e. The summed E-state index contributed by atoms with van der Waals surface area (Å²) >= 11 is 0. The molecule has 4 nitrogen and oxygen atoms in total. The largest absolute Gasteiger partial charge is 0.351 e. The summed E-state index contributed by atoms with van der Waals surface area (Å²) in [5, 5.41) is 9.55. The van der Waals surface area contributed by atoms with E-state index in [1.165, 1.54) is 12.1 Å². The molecule has 0 spiro atoms. The first-order chi connectivity index (χ1) is 9.20. The van der Waals surface area contributed by atoms with Gasteiger partial charge < -0.3 is 5.32 Å². The van der Waals surface area contributed by atoms with Gasteiger partial charge in [0.25, 0.3) is 5.91 Å². The number of hydrogen-bond acceptors (Lipinski definition) is 2. The fourth-order valence-electron chi connectivity index (χ4n) is 1.68. The fourth-order valence-corrected chi connectivity index (χ4v) is 1.68. The van der Waals surface area contributed by atoms with E-state index in [4.69, 9.17) is 0 Å². The maximum atomic E-state index is 12.8. The van der Waals surface area contributed by atoms with Gasteiger partial charge in [0.15, 0.2) is 0 Å². The molecule has 1 aromatic heterocycles. The number of nitrogens with one attached hydrogen (secondary N) is 2. The average molecular weight is 261 g/mol. The lowest BCUT2D eigenvalue weighted by molar-refractivity contribution is 0.0948. The molecule has 100 valence electrons. The van der Waals surface area contributed by atoms with Crippen LogP contribution in [0.2, 0.25) is 0 Å². The molecule has 0 bridgehead atoms. The molecule has 0 radical (unpaired) electrons. The number of aromatic nitrogens is 2. The molecule has 2 N–H and O–H groups in total. The normalized spacial score (nSPS) is 10.4. The summed E-state index contributed by atoms with van der Waals surface area (Å²) < 4.78 is 12.8. The SMILES string of the molecule is CCCCNC(=O)c1cc(-c2ccc(F)cc2)n[nH]1. The molecule has 1 aromatic carbocycles. The Morgan fingerprint density at radius 1 is 1.37 bits per heavy atom. The number of H-pyrrole nitrogens is 1. The number of benzene rings is 1. The molecule has 1 amide bonds. The number of nitrogens with zero attached hydrogens (tertiary/aromatic N) is 1. The molecule has 2 aromatic rings. The Balaban J connectivity index is 2.06. The molecule has 0 aliphatic heterocycles. The van der Waals surface area contributed by atoms with Crippen molar-refractivity contribution in [2.24, 2.45) is 0 Å². The van der Waals surface area contributed by atoms with Gasteiger partial charge in [-0.2, -0.15) is 5.10 Å². The number of amides is 1. The van der Waals surface area contributed by atoms with Gasteiger partial charge in [-0.15, -0.1) is 0 Å². The zero-order valence-electron chi connectivity index (χ0n) is 10.7. The van der Waals surface area contributed by atoms with Crippen LogP contribution in [0, 0.1) is 5.82 Å². The topological polar surface area (TPSA) is 57.8 Å². The van der Waals surface area contributed by atoms with Crippen molar-refractivity contribution in [3.8, 4) is 11.3 Å². The minimum atomic E-state index is -0.295. The Morgan fingerprint density at radius 2 is 2.11 bits per heavy atom. The van der Waals surface area contributed by atoms with Crippen LogP contribution in [-0.4, -0.2) is 22.6 Å². The molecule has 0 aliphatic carbocycles. The number of aromatic amines is 1. The first-order valence-electron chi connectivity index (χ1n) is 6.30. The first kappa shape index (κ1) is 13.3. The Morgan fingerprint density at radius 3 is 2.79 bits per heavy atom. The van der Waals surface area contributed by atoms with Crippen molar-refractivity contribution < 1.29 is 9.18 Å². The Kier molecular flexibility index (Phi) is 4.28. The highest BCUT2D eigenvalue weighted by molar-refractivity contribution is 5.93. The standard InChI is InChI=1S/C14H16FN3O/c1-2-3-8-16-14(19)13-9-12(17-18-13)10-4-6-11(15)7-5-10/h4-7,9H,2-3,8H2,1H3,(H,16,19)(H,17,18). The number of rotatable bonds is 5. The second-order valence-corrected chi connectivity index (χ2v) is 4.28. The van der Waals surface area contributed by atoms with Crippen LogP contribution in [0.15, 0.2) is 30.3 Å². The van der Waals surface area contributed by atoms with E-state index in [9.17, 15) is 9.18 Å². The van der Waals surface area contributed by atoms with E-state index in [0.29, 0.717) is 17.9 Å². The van der Waals surface area contributed by atoms with Gasteiger partial charge >= 0.3 is 0 Å². The summed E-state index contributed by atoms with van der Waals surface area (Å²) in [7, 11) is 0. The molecule has 1 heterocycles. The lowest BCUT2D eigenvalue weighted by Gasteiger charge is -2.00. The second-order valence-electron chi connectivity index (χ2n) is 4.28. The third-order valence-corrected chi connectivity index (χ3v) is 2.78. The maximum absolute atomic E-state index is 12.8. The van der Waals surface area contributed by atoms with Crippen molar-refractivity contribution in [2.75, 3.05) is 6.54 Å². The summed E-state index contributed by atoms with van der Waals surface area (Å²) in [6.45, 7) is 2.72. The lowest BCUT2D eigenvalue weighted by Crippen LogP contribution is -2.24. The number of unbranched alkanes of at least 4 members (excludes halogenated alkanes) is 1. The Hall–Kier alpha value is -2.17. The van der Waals surface area contributed by atoms with Crippen LogP contribution in [0.25, 0.3) is 11.3 Å². The van der Waals surface area contributed by atoms with Gasteiger partial charge in [0.05, 0.1) is 5.69 Å². The molecular formula is C14H16FN3O. The van der Waals surface area contributed by atoms with Gasteiger partial charge in [0, 0.05) is 12.1 Å². The predicted molar refractivity (Wildman–Crippen MR) is 71.2 cm³/mol. The quantitative estimate of drug-likeness (QED) is 0.813. The molecule has 19 heavy (non-hydrogen) atoms. The van der Waals surface area contributed by atoms with E-state index in [1.54, 1.807) is 18.2 Å². The van der Waals surface area contributed by atoms with Crippen molar-refractivity contribution in [2.45, 2.75) is 19.8 Å². The third kappa shape index (κ3) is 3.40. The number of carbonyl (C=O) groups is 1. The molecule has 0 aliphatic rings. The molecule has 5 heteroatoms. The monoisotopic (exact) mass is 261 g/mol. The van der Waals surface area contributed by atoms with Gasteiger partial charge in [-0.1, -0.05) is 13.3 Å². The first-order valence-corrected chi connectivity index (χ1v) is 6.30. The Bertz CT molecular complexity index is 548. The van der Waals surface area contributed by atoms with Crippen molar-refractivity contribution >= 4 is 5.91 Å². The molecule has 0 atom stereocenters. The molecule has 0 unspecified atom stereocenters.